The minimum atomic E-state index is -0.561. The number of unbranched alkanes of at least 4 members (excludes halogenated alkanes) is 10. The van der Waals surface area contributed by atoms with Crippen LogP contribution in [-0.4, -0.2) is 18.2 Å². The Morgan fingerprint density at radius 3 is 1.81 bits per heavy atom. The van der Waals surface area contributed by atoms with E-state index in [0.717, 1.165) is 30.6 Å². The van der Waals surface area contributed by atoms with Crippen molar-refractivity contribution < 1.29 is 13.9 Å². The number of nitrogens with zero attached hydrogens (tertiary/aromatic N) is 1. The maximum absolute atomic E-state index is 14.5. The molecular weight excluding hydrogens is 389 g/mol. The SMILES string of the molecule is CCCCCCCCOc1ccccc1-c1ccc(OCCCCCCCC)c(F)n1. The molecule has 0 bridgehead atoms. The molecule has 4 heteroatoms. The van der Waals surface area contributed by atoms with Crippen molar-refractivity contribution >= 4 is 0 Å². The number of rotatable bonds is 17. The summed E-state index contributed by atoms with van der Waals surface area (Å²) in [6.45, 7) is 5.64. The van der Waals surface area contributed by atoms with Crippen LogP contribution in [0.2, 0.25) is 0 Å². The molecule has 0 N–H and O–H groups in total. The number of para-hydroxylation sites is 1. The van der Waals surface area contributed by atoms with E-state index < -0.39 is 5.95 Å². The third kappa shape index (κ3) is 9.71. The Labute approximate surface area is 188 Å². The lowest BCUT2D eigenvalue weighted by molar-refractivity contribution is 0.286. The van der Waals surface area contributed by atoms with Gasteiger partial charge in [-0.1, -0.05) is 90.2 Å². The van der Waals surface area contributed by atoms with Crippen LogP contribution in [-0.2, 0) is 0 Å². The molecule has 1 heterocycles. The first-order valence-electron chi connectivity index (χ1n) is 12.3. The highest BCUT2D eigenvalue weighted by atomic mass is 19.1. The Hall–Kier alpha value is -2.10. The van der Waals surface area contributed by atoms with Gasteiger partial charge in [0.2, 0.25) is 0 Å². The average molecular weight is 430 g/mol. The highest BCUT2D eigenvalue weighted by molar-refractivity contribution is 5.67. The second-order valence-corrected chi connectivity index (χ2v) is 8.21. The molecule has 2 rings (SSSR count). The van der Waals surface area contributed by atoms with Gasteiger partial charge in [0.15, 0.2) is 5.75 Å². The number of ether oxygens (including phenoxy) is 2. The first kappa shape index (κ1) is 25.2. The zero-order valence-electron chi connectivity index (χ0n) is 19.5. The van der Waals surface area contributed by atoms with Gasteiger partial charge in [-0.2, -0.15) is 4.39 Å². The van der Waals surface area contributed by atoms with Crippen LogP contribution in [0.25, 0.3) is 11.3 Å². The van der Waals surface area contributed by atoms with Crippen LogP contribution < -0.4 is 9.47 Å². The summed E-state index contributed by atoms with van der Waals surface area (Å²) in [5.74, 6) is 0.417. The van der Waals surface area contributed by atoms with Gasteiger partial charge in [-0.15, -0.1) is 0 Å². The lowest BCUT2D eigenvalue weighted by Crippen LogP contribution is -2.02. The lowest BCUT2D eigenvalue weighted by Gasteiger charge is -2.12. The van der Waals surface area contributed by atoms with Crippen LogP contribution in [0.1, 0.15) is 90.9 Å². The largest absolute Gasteiger partial charge is 0.493 e. The molecule has 1 aromatic carbocycles. The van der Waals surface area contributed by atoms with Crippen molar-refractivity contribution in [3.63, 3.8) is 0 Å². The van der Waals surface area contributed by atoms with Crippen molar-refractivity contribution in [1.29, 1.82) is 0 Å². The second-order valence-electron chi connectivity index (χ2n) is 8.21. The molecule has 0 fully saturated rings. The van der Waals surface area contributed by atoms with E-state index in [4.69, 9.17) is 9.47 Å². The topological polar surface area (TPSA) is 31.4 Å². The number of benzene rings is 1. The van der Waals surface area contributed by atoms with Crippen molar-refractivity contribution in [2.75, 3.05) is 13.2 Å². The summed E-state index contributed by atoms with van der Waals surface area (Å²) in [6.07, 6.45) is 14.4. The number of hydrogen-bond acceptors (Lipinski definition) is 3. The summed E-state index contributed by atoms with van der Waals surface area (Å²) < 4.78 is 26.1. The van der Waals surface area contributed by atoms with Gasteiger partial charge in [-0.05, 0) is 37.1 Å². The maximum Gasteiger partial charge on any atom is 0.255 e. The summed E-state index contributed by atoms with van der Waals surface area (Å²) in [5.41, 5.74) is 1.39. The van der Waals surface area contributed by atoms with Crippen LogP contribution in [0.15, 0.2) is 36.4 Å². The van der Waals surface area contributed by atoms with E-state index in [1.807, 2.05) is 30.3 Å². The molecule has 31 heavy (non-hydrogen) atoms. The van der Waals surface area contributed by atoms with Crippen molar-refractivity contribution in [2.24, 2.45) is 0 Å². The summed E-state index contributed by atoms with van der Waals surface area (Å²) in [7, 11) is 0. The molecule has 0 spiro atoms. The first-order valence-corrected chi connectivity index (χ1v) is 12.3. The Morgan fingerprint density at radius 1 is 0.645 bits per heavy atom. The maximum atomic E-state index is 14.5. The van der Waals surface area contributed by atoms with E-state index >= 15 is 0 Å². The molecule has 0 amide bonds. The lowest BCUT2D eigenvalue weighted by atomic mass is 10.1. The van der Waals surface area contributed by atoms with Gasteiger partial charge in [0.05, 0.1) is 18.9 Å². The van der Waals surface area contributed by atoms with Gasteiger partial charge in [0.1, 0.15) is 5.75 Å². The molecule has 2 aromatic rings. The molecule has 0 aliphatic rings. The zero-order chi connectivity index (χ0) is 22.2. The minimum Gasteiger partial charge on any atom is -0.493 e. The van der Waals surface area contributed by atoms with Crippen molar-refractivity contribution in [3.8, 4) is 22.8 Å². The standard InChI is InChI=1S/C27H40FNO2/c1-3-5-7-9-11-15-21-30-25-18-14-13-17-23(25)24-19-20-26(27(28)29-24)31-22-16-12-10-8-6-4-2/h13-14,17-20H,3-12,15-16,21-22H2,1-2H3. The molecule has 0 radical (unpaired) electrons. The number of pyridine rings is 1. The van der Waals surface area contributed by atoms with Crippen LogP contribution in [0.4, 0.5) is 4.39 Å². The second kappa shape index (κ2) is 15.7. The van der Waals surface area contributed by atoms with Gasteiger partial charge in [-0.3, -0.25) is 0 Å². The molecule has 0 atom stereocenters. The molecule has 0 aliphatic heterocycles. The Balaban J connectivity index is 1.83. The van der Waals surface area contributed by atoms with Gasteiger partial charge in [0.25, 0.3) is 5.95 Å². The molecule has 0 saturated carbocycles. The van der Waals surface area contributed by atoms with Crippen molar-refractivity contribution in [1.82, 2.24) is 4.98 Å². The average Bonchev–Trinajstić information content (AvgIpc) is 2.79. The number of halogens is 1. The fraction of sp³-hybridized carbons (Fsp3) is 0.593. The van der Waals surface area contributed by atoms with Crippen LogP contribution in [0, 0.1) is 5.95 Å². The minimum absolute atomic E-state index is 0.225. The summed E-state index contributed by atoms with van der Waals surface area (Å²) in [4.78, 5) is 4.15. The van der Waals surface area contributed by atoms with Crippen molar-refractivity contribution in [2.45, 2.75) is 90.9 Å². The molecule has 0 unspecified atom stereocenters. The summed E-state index contributed by atoms with van der Waals surface area (Å²) in [6, 6.07) is 11.2. The Morgan fingerprint density at radius 2 is 1.19 bits per heavy atom. The molecular formula is C27H40FNO2. The normalized spacial score (nSPS) is 10.9. The fourth-order valence-electron chi connectivity index (χ4n) is 3.61. The van der Waals surface area contributed by atoms with Gasteiger partial charge < -0.3 is 9.47 Å². The number of hydrogen-bond donors (Lipinski definition) is 0. The molecule has 0 saturated heterocycles. The predicted octanol–water partition coefficient (Wildman–Crippen LogP) is 8.37. The van der Waals surface area contributed by atoms with E-state index in [1.54, 1.807) is 6.07 Å². The van der Waals surface area contributed by atoms with E-state index in [2.05, 4.69) is 18.8 Å². The van der Waals surface area contributed by atoms with Gasteiger partial charge in [-0.25, -0.2) is 4.98 Å². The number of aromatic nitrogens is 1. The quantitative estimate of drug-likeness (QED) is 0.187. The Kier molecular flexibility index (Phi) is 12.7. The van der Waals surface area contributed by atoms with E-state index in [9.17, 15) is 4.39 Å². The van der Waals surface area contributed by atoms with Crippen LogP contribution >= 0.6 is 0 Å². The van der Waals surface area contributed by atoms with Gasteiger partial charge >= 0.3 is 0 Å². The van der Waals surface area contributed by atoms with Gasteiger partial charge in [0, 0.05) is 5.56 Å². The zero-order valence-corrected chi connectivity index (χ0v) is 19.5. The van der Waals surface area contributed by atoms with Crippen molar-refractivity contribution in [3.05, 3.63) is 42.3 Å². The molecule has 0 aliphatic carbocycles. The highest BCUT2D eigenvalue weighted by Gasteiger charge is 2.12. The first-order chi connectivity index (χ1) is 15.3. The third-order valence-electron chi connectivity index (χ3n) is 5.49. The van der Waals surface area contributed by atoms with E-state index in [0.29, 0.717) is 18.9 Å². The molecule has 1 aromatic heterocycles. The summed E-state index contributed by atoms with van der Waals surface area (Å²) >= 11 is 0. The molecule has 3 nitrogen and oxygen atoms in total. The van der Waals surface area contributed by atoms with E-state index in [1.165, 1.54) is 57.8 Å². The summed E-state index contributed by atoms with van der Waals surface area (Å²) in [5, 5.41) is 0. The smallest absolute Gasteiger partial charge is 0.255 e. The van der Waals surface area contributed by atoms with Crippen LogP contribution in [0.5, 0.6) is 11.5 Å². The highest BCUT2D eigenvalue weighted by Crippen LogP contribution is 2.30. The fourth-order valence-corrected chi connectivity index (χ4v) is 3.61. The van der Waals surface area contributed by atoms with Crippen LogP contribution in [0.3, 0.4) is 0 Å². The monoisotopic (exact) mass is 429 g/mol. The van der Waals surface area contributed by atoms with E-state index in [-0.39, 0.29) is 5.75 Å². The molecule has 172 valence electrons. The predicted molar refractivity (Wildman–Crippen MR) is 127 cm³/mol. The Bertz CT molecular complexity index is 735. The third-order valence-corrected chi connectivity index (χ3v) is 5.49.